The number of methoxy groups -OCH3 is 1. The molecule has 2 aromatic carbocycles. The number of carbonyl (C=O) groups is 1. The number of carbonyl (C=O) groups excluding carboxylic acids is 1. The van der Waals surface area contributed by atoms with Gasteiger partial charge in [-0.3, -0.25) is 0 Å². The molecule has 0 atom stereocenters. The predicted molar refractivity (Wildman–Crippen MR) is 108 cm³/mol. The molecule has 0 fully saturated rings. The van der Waals surface area contributed by atoms with Crippen LogP contribution in [0.1, 0.15) is 5.56 Å². The van der Waals surface area contributed by atoms with Gasteiger partial charge in [-0.25, -0.2) is 9.79 Å². The second-order valence-electron chi connectivity index (χ2n) is 5.83. The zero-order valence-electron chi connectivity index (χ0n) is 14.6. The lowest BCUT2D eigenvalue weighted by Crippen LogP contribution is -2.10. The summed E-state index contributed by atoms with van der Waals surface area (Å²) in [5.41, 5.74) is 1.41. The van der Waals surface area contributed by atoms with Crippen LogP contribution in [-0.2, 0) is 9.53 Å². The maximum atomic E-state index is 12.2. The van der Waals surface area contributed by atoms with Crippen LogP contribution < -0.4 is 9.47 Å². The number of ether oxygens (including phenoxy) is 3. The lowest BCUT2D eigenvalue weighted by molar-refractivity contribution is -0.135. The molecule has 0 bridgehead atoms. The SMILES string of the molecule is COC(=O)C1=C(O)/C(=C\c2ccc3c(c2)OCO3)SC1=Nc1ccc(Cl)cc1. The Hall–Kier alpha value is -2.90. The van der Waals surface area contributed by atoms with Crippen LogP contribution >= 0.6 is 23.4 Å². The fourth-order valence-electron chi connectivity index (χ4n) is 2.68. The molecule has 2 aliphatic heterocycles. The standard InChI is InChI=1S/C20H14ClNO5S/c1-25-20(24)17-18(23)16(9-11-2-7-14-15(8-11)27-10-26-14)28-19(17)22-13-5-3-12(21)4-6-13/h2-9,23H,10H2,1H3/b16-9+,22-19?. The van der Waals surface area contributed by atoms with Crippen molar-refractivity contribution in [2.24, 2.45) is 4.99 Å². The number of rotatable bonds is 3. The number of hydrogen-bond acceptors (Lipinski definition) is 7. The molecular formula is C20H14ClNO5S. The number of hydrogen-bond donors (Lipinski definition) is 1. The molecule has 28 heavy (non-hydrogen) atoms. The highest BCUT2D eigenvalue weighted by molar-refractivity contribution is 8.18. The van der Waals surface area contributed by atoms with E-state index in [-0.39, 0.29) is 18.1 Å². The fourth-order valence-corrected chi connectivity index (χ4v) is 3.84. The molecule has 0 saturated heterocycles. The van der Waals surface area contributed by atoms with E-state index in [1.54, 1.807) is 42.5 Å². The second kappa shape index (κ2) is 7.61. The molecule has 2 aliphatic rings. The molecule has 0 aromatic heterocycles. The summed E-state index contributed by atoms with van der Waals surface area (Å²) >= 11 is 7.08. The third-order valence-electron chi connectivity index (χ3n) is 4.03. The van der Waals surface area contributed by atoms with E-state index in [4.69, 9.17) is 25.8 Å². The zero-order valence-corrected chi connectivity index (χ0v) is 16.2. The Bertz CT molecular complexity index is 1040. The van der Waals surface area contributed by atoms with E-state index in [9.17, 15) is 9.90 Å². The van der Waals surface area contributed by atoms with Crippen LogP contribution in [0.2, 0.25) is 5.02 Å². The summed E-state index contributed by atoms with van der Waals surface area (Å²) in [7, 11) is 1.26. The average Bonchev–Trinajstić information content (AvgIpc) is 3.27. The van der Waals surface area contributed by atoms with Gasteiger partial charge < -0.3 is 19.3 Å². The summed E-state index contributed by atoms with van der Waals surface area (Å²) in [6.07, 6.45) is 1.75. The number of thioether (sulfide) groups is 1. The molecule has 0 radical (unpaired) electrons. The van der Waals surface area contributed by atoms with E-state index >= 15 is 0 Å². The van der Waals surface area contributed by atoms with Gasteiger partial charge >= 0.3 is 5.97 Å². The van der Waals surface area contributed by atoms with Crippen molar-refractivity contribution < 1.29 is 24.1 Å². The number of halogens is 1. The minimum absolute atomic E-state index is 0.0226. The summed E-state index contributed by atoms with van der Waals surface area (Å²) in [5, 5.41) is 11.6. The third kappa shape index (κ3) is 3.58. The van der Waals surface area contributed by atoms with E-state index in [1.165, 1.54) is 18.9 Å². The molecule has 1 N–H and O–H groups in total. The van der Waals surface area contributed by atoms with Gasteiger partial charge in [0.05, 0.1) is 17.7 Å². The summed E-state index contributed by atoms with van der Waals surface area (Å²) in [6.45, 7) is 0.180. The largest absolute Gasteiger partial charge is 0.506 e. The van der Waals surface area contributed by atoms with Crippen molar-refractivity contribution in [2.75, 3.05) is 13.9 Å². The van der Waals surface area contributed by atoms with Crippen molar-refractivity contribution in [2.45, 2.75) is 0 Å². The average molecular weight is 416 g/mol. The Morgan fingerprint density at radius 3 is 2.71 bits per heavy atom. The quantitative estimate of drug-likeness (QED) is 0.720. The Morgan fingerprint density at radius 2 is 1.96 bits per heavy atom. The molecule has 0 unspecified atom stereocenters. The lowest BCUT2D eigenvalue weighted by atomic mass is 10.1. The van der Waals surface area contributed by atoms with Gasteiger partial charge in [0.2, 0.25) is 6.79 Å². The van der Waals surface area contributed by atoms with Gasteiger partial charge in [0, 0.05) is 5.02 Å². The van der Waals surface area contributed by atoms with Gasteiger partial charge in [0.25, 0.3) is 0 Å². The van der Waals surface area contributed by atoms with Crippen LogP contribution in [0.5, 0.6) is 11.5 Å². The number of nitrogens with zero attached hydrogens (tertiary/aromatic N) is 1. The van der Waals surface area contributed by atoms with Crippen LogP contribution in [0.25, 0.3) is 6.08 Å². The van der Waals surface area contributed by atoms with E-state index in [0.29, 0.717) is 32.2 Å². The Balaban J connectivity index is 1.72. The summed E-state index contributed by atoms with van der Waals surface area (Å²) in [5.74, 6) is 0.458. The third-order valence-corrected chi connectivity index (χ3v) is 5.30. The lowest BCUT2D eigenvalue weighted by Gasteiger charge is -2.02. The van der Waals surface area contributed by atoms with Crippen molar-refractivity contribution in [3.63, 3.8) is 0 Å². The van der Waals surface area contributed by atoms with E-state index < -0.39 is 5.97 Å². The van der Waals surface area contributed by atoms with Crippen LogP contribution in [0.4, 0.5) is 5.69 Å². The summed E-state index contributed by atoms with van der Waals surface area (Å²) < 4.78 is 15.5. The number of aliphatic hydroxyl groups is 1. The molecule has 142 valence electrons. The van der Waals surface area contributed by atoms with Crippen LogP contribution in [-0.4, -0.2) is 30.0 Å². The first-order valence-corrected chi connectivity index (χ1v) is 9.40. The zero-order chi connectivity index (χ0) is 19.7. The first-order valence-electron chi connectivity index (χ1n) is 8.21. The van der Waals surface area contributed by atoms with Gasteiger partial charge in [-0.1, -0.05) is 29.4 Å². The molecule has 0 saturated carbocycles. The predicted octanol–water partition coefficient (Wildman–Crippen LogP) is 4.87. The van der Waals surface area contributed by atoms with Crippen molar-refractivity contribution in [3.05, 3.63) is 69.3 Å². The Kier molecular flexibility index (Phi) is 5.02. The molecule has 0 aliphatic carbocycles. The molecule has 6 nitrogen and oxygen atoms in total. The highest BCUT2D eigenvalue weighted by Crippen LogP contribution is 2.41. The number of benzene rings is 2. The molecule has 4 rings (SSSR count). The fraction of sp³-hybridized carbons (Fsp3) is 0.100. The molecule has 8 heteroatoms. The normalized spacial score (nSPS) is 18.2. The van der Waals surface area contributed by atoms with Crippen molar-refractivity contribution in [1.82, 2.24) is 0 Å². The first-order chi connectivity index (χ1) is 13.5. The van der Waals surface area contributed by atoms with Gasteiger partial charge in [0.15, 0.2) is 11.5 Å². The van der Waals surface area contributed by atoms with E-state index in [2.05, 4.69) is 4.99 Å². The minimum atomic E-state index is -0.660. The van der Waals surface area contributed by atoms with Gasteiger partial charge in [0.1, 0.15) is 16.4 Å². The van der Waals surface area contributed by atoms with E-state index in [1.807, 2.05) is 6.07 Å². The highest BCUT2D eigenvalue weighted by atomic mass is 35.5. The second-order valence-corrected chi connectivity index (χ2v) is 7.30. The molecule has 2 aromatic rings. The van der Waals surface area contributed by atoms with Crippen LogP contribution in [0.15, 0.2) is 63.7 Å². The first kappa shape index (κ1) is 18.5. The van der Waals surface area contributed by atoms with Crippen LogP contribution in [0, 0.1) is 0 Å². The summed E-state index contributed by atoms with van der Waals surface area (Å²) in [4.78, 5) is 17.2. The maximum absolute atomic E-state index is 12.2. The van der Waals surface area contributed by atoms with Crippen molar-refractivity contribution >= 4 is 46.1 Å². The van der Waals surface area contributed by atoms with Crippen LogP contribution in [0.3, 0.4) is 0 Å². The number of esters is 1. The van der Waals surface area contributed by atoms with Crippen molar-refractivity contribution in [1.29, 1.82) is 0 Å². The number of aliphatic hydroxyl groups excluding tert-OH is 1. The molecule has 0 amide bonds. The minimum Gasteiger partial charge on any atom is -0.506 e. The smallest absolute Gasteiger partial charge is 0.344 e. The van der Waals surface area contributed by atoms with E-state index in [0.717, 1.165) is 5.56 Å². The highest BCUT2D eigenvalue weighted by Gasteiger charge is 2.33. The number of fused-ring (bicyclic) bond motifs is 1. The van der Waals surface area contributed by atoms with Gasteiger partial charge in [-0.15, -0.1) is 0 Å². The Labute approximate surface area is 170 Å². The molecule has 2 heterocycles. The Morgan fingerprint density at radius 1 is 1.21 bits per heavy atom. The number of aliphatic imine (C=N–C) groups is 1. The van der Waals surface area contributed by atoms with Gasteiger partial charge in [-0.2, -0.15) is 0 Å². The van der Waals surface area contributed by atoms with Crippen molar-refractivity contribution in [3.8, 4) is 11.5 Å². The monoisotopic (exact) mass is 415 g/mol. The topological polar surface area (TPSA) is 77.4 Å². The molecule has 0 spiro atoms. The maximum Gasteiger partial charge on any atom is 0.344 e. The van der Waals surface area contributed by atoms with Gasteiger partial charge in [-0.05, 0) is 48.0 Å². The molecular weight excluding hydrogens is 402 g/mol. The summed E-state index contributed by atoms with van der Waals surface area (Å²) in [6, 6.07) is 12.3.